The Bertz CT molecular complexity index is 352. The van der Waals surface area contributed by atoms with Gasteiger partial charge in [-0.3, -0.25) is 4.79 Å². The van der Waals surface area contributed by atoms with Gasteiger partial charge in [-0.25, -0.2) is 0 Å². The van der Waals surface area contributed by atoms with Crippen LogP contribution in [0.15, 0.2) is 12.2 Å². The molecule has 0 aromatic rings. The number of rotatable bonds is 1. The summed E-state index contributed by atoms with van der Waals surface area (Å²) in [6, 6.07) is 0. The number of esters is 1. The van der Waals surface area contributed by atoms with Gasteiger partial charge in [-0.05, 0) is 0 Å². The van der Waals surface area contributed by atoms with Crippen molar-refractivity contribution in [2.75, 3.05) is 20.3 Å². The minimum Gasteiger partial charge on any atom is -0.469 e. The van der Waals surface area contributed by atoms with Crippen LogP contribution in [0, 0.1) is 17.8 Å². The smallest absolute Gasteiger partial charge is 0.311 e. The van der Waals surface area contributed by atoms with E-state index in [0.717, 1.165) is 0 Å². The zero-order valence-corrected chi connectivity index (χ0v) is 8.96. The van der Waals surface area contributed by atoms with E-state index in [1.54, 1.807) is 6.08 Å². The second kappa shape index (κ2) is 3.29. The van der Waals surface area contributed by atoms with Crippen LogP contribution < -0.4 is 0 Å². The van der Waals surface area contributed by atoms with Crippen molar-refractivity contribution in [3.63, 3.8) is 0 Å². The number of carbonyl (C=O) groups excluding carboxylic acids is 1. The van der Waals surface area contributed by atoms with Crippen LogP contribution in [0.1, 0.15) is 0 Å². The molecule has 1 N–H and O–H groups in total. The maximum atomic E-state index is 11.6. The van der Waals surface area contributed by atoms with Gasteiger partial charge in [0.25, 0.3) is 0 Å². The molecule has 0 amide bonds. The first kappa shape index (κ1) is 10.3. The first-order chi connectivity index (χ1) is 7.65. The van der Waals surface area contributed by atoms with E-state index in [9.17, 15) is 9.90 Å². The molecule has 0 bridgehead atoms. The van der Waals surface area contributed by atoms with Crippen molar-refractivity contribution in [2.45, 2.75) is 11.9 Å². The number of aliphatic hydroxyl groups is 1. The van der Waals surface area contributed by atoms with Gasteiger partial charge in [-0.1, -0.05) is 12.2 Å². The zero-order chi connectivity index (χ0) is 11.3. The SMILES string of the molecule is COC(=O)C1COC2OC[C@]3(O)C=C[C@H]1[C@H]23. The Morgan fingerprint density at radius 3 is 3.12 bits per heavy atom. The minimum absolute atomic E-state index is 0.0429. The summed E-state index contributed by atoms with van der Waals surface area (Å²) >= 11 is 0. The Kier molecular flexibility index (Phi) is 2.11. The topological polar surface area (TPSA) is 65.0 Å². The number of hydrogen-bond acceptors (Lipinski definition) is 5. The van der Waals surface area contributed by atoms with Crippen LogP contribution in [-0.2, 0) is 19.0 Å². The molecule has 2 heterocycles. The molecular weight excluding hydrogens is 212 g/mol. The van der Waals surface area contributed by atoms with Gasteiger partial charge in [0.2, 0.25) is 0 Å². The van der Waals surface area contributed by atoms with Crippen LogP contribution in [0.4, 0.5) is 0 Å². The largest absolute Gasteiger partial charge is 0.469 e. The second-order valence-corrected chi connectivity index (χ2v) is 4.60. The third-order valence-corrected chi connectivity index (χ3v) is 3.78. The van der Waals surface area contributed by atoms with Crippen LogP contribution in [-0.4, -0.2) is 43.3 Å². The van der Waals surface area contributed by atoms with Crippen LogP contribution >= 0.6 is 0 Å². The molecule has 3 aliphatic rings. The third kappa shape index (κ3) is 1.19. The quantitative estimate of drug-likeness (QED) is 0.491. The Hall–Kier alpha value is -0.910. The molecule has 16 heavy (non-hydrogen) atoms. The predicted molar refractivity (Wildman–Crippen MR) is 52.3 cm³/mol. The van der Waals surface area contributed by atoms with Crippen molar-refractivity contribution in [3.8, 4) is 0 Å². The fourth-order valence-corrected chi connectivity index (χ4v) is 2.94. The average molecular weight is 226 g/mol. The highest BCUT2D eigenvalue weighted by molar-refractivity contribution is 5.73. The van der Waals surface area contributed by atoms with E-state index in [4.69, 9.17) is 14.2 Å². The summed E-state index contributed by atoms with van der Waals surface area (Å²) in [6.07, 6.45) is 3.22. The highest BCUT2D eigenvalue weighted by Gasteiger charge is 2.59. The summed E-state index contributed by atoms with van der Waals surface area (Å²) in [5, 5.41) is 10.3. The van der Waals surface area contributed by atoms with E-state index in [-0.39, 0.29) is 30.3 Å². The van der Waals surface area contributed by atoms with E-state index in [1.165, 1.54) is 7.11 Å². The molecule has 0 radical (unpaired) electrons. The highest BCUT2D eigenvalue weighted by atomic mass is 16.7. The molecule has 5 nitrogen and oxygen atoms in total. The number of ether oxygens (including phenoxy) is 3. The summed E-state index contributed by atoms with van der Waals surface area (Å²) in [5.74, 6) is -0.841. The molecule has 0 saturated carbocycles. The number of allylic oxidation sites excluding steroid dienone is 1. The van der Waals surface area contributed by atoms with Crippen LogP contribution in [0.3, 0.4) is 0 Å². The van der Waals surface area contributed by atoms with Crippen molar-refractivity contribution < 1.29 is 24.1 Å². The van der Waals surface area contributed by atoms with Crippen LogP contribution in [0.25, 0.3) is 0 Å². The Balaban J connectivity index is 1.90. The third-order valence-electron chi connectivity index (χ3n) is 3.78. The van der Waals surface area contributed by atoms with Gasteiger partial charge in [0, 0.05) is 5.92 Å². The van der Waals surface area contributed by atoms with Crippen LogP contribution in [0.5, 0.6) is 0 Å². The lowest BCUT2D eigenvalue weighted by molar-refractivity contribution is -0.193. The van der Waals surface area contributed by atoms with E-state index in [0.29, 0.717) is 6.61 Å². The number of methoxy groups -OCH3 is 1. The van der Waals surface area contributed by atoms with E-state index in [1.807, 2.05) is 6.08 Å². The maximum Gasteiger partial charge on any atom is 0.311 e. The molecule has 0 aromatic heterocycles. The molecule has 0 spiro atoms. The molecule has 2 unspecified atom stereocenters. The van der Waals surface area contributed by atoms with Gasteiger partial charge in [-0.2, -0.15) is 0 Å². The monoisotopic (exact) mass is 226 g/mol. The summed E-state index contributed by atoms with van der Waals surface area (Å²) in [7, 11) is 1.37. The number of carbonyl (C=O) groups is 1. The van der Waals surface area contributed by atoms with Crippen molar-refractivity contribution in [1.29, 1.82) is 0 Å². The molecule has 1 aliphatic carbocycles. The Labute approximate surface area is 93.0 Å². The molecular formula is C11H14O5. The molecule has 3 rings (SSSR count). The van der Waals surface area contributed by atoms with E-state index >= 15 is 0 Å². The van der Waals surface area contributed by atoms with Gasteiger partial charge >= 0.3 is 5.97 Å². The first-order valence-corrected chi connectivity index (χ1v) is 5.38. The standard InChI is InChI=1S/C11H14O5/c1-14-9(12)7-4-15-10-8-6(7)2-3-11(8,13)5-16-10/h2-3,6-8,10,13H,4-5H2,1H3/t6-,7?,8-,10?,11-/m1/s1. The maximum absolute atomic E-state index is 11.6. The van der Waals surface area contributed by atoms with E-state index in [2.05, 4.69) is 0 Å². The zero-order valence-electron chi connectivity index (χ0n) is 8.96. The predicted octanol–water partition coefficient (Wildman–Crippen LogP) is -0.305. The van der Waals surface area contributed by atoms with Crippen molar-refractivity contribution in [2.24, 2.45) is 17.8 Å². The highest BCUT2D eigenvalue weighted by Crippen LogP contribution is 2.49. The summed E-state index contributed by atoms with van der Waals surface area (Å²) < 4.78 is 15.6. The van der Waals surface area contributed by atoms with Gasteiger partial charge in [-0.15, -0.1) is 0 Å². The Morgan fingerprint density at radius 1 is 1.56 bits per heavy atom. The molecule has 2 aliphatic heterocycles. The van der Waals surface area contributed by atoms with Crippen molar-refractivity contribution >= 4 is 5.97 Å². The minimum atomic E-state index is -0.970. The first-order valence-electron chi connectivity index (χ1n) is 5.38. The Morgan fingerprint density at radius 2 is 2.38 bits per heavy atom. The lowest BCUT2D eigenvalue weighted by Gasteiger charge is -2.36. The summed E-state index contributed by atoms with van der Waals surface area (Å²) in [5.41, 5.74) is -0.970. The number of hydrogen-bond donors (Lipinski definition) is 1. The van der Waals surface area contributed by atoms with Gasteiger partial charge in [0.15, 0.2) is 6.29 Å². The molecule has 88 valence electrons. The fraction of sp³-hybridized carbons (Fsp3) is 0.727. The summed E-state index contributed by atoms with van der Waals surface area (Å²) in [6.45, 7) is 0.530. The lowest BCUT2D eigenvalue weighted by atomic mass is 9.77. The molecule has 0 aromatic carbocycles. The average Bonchev–Trinajstić information content (AvgIpc) is 2.81. The fourth-order valence-electron chi connectivity index (χ4n) is 2.94. The summed E-state index contributed by atoms with van der Waals surface area (Å²) in [4.78, 5) is 11.6. The molecule has 2 fully saturated rings. The van der Waals surface area contributed by atoms with Gasteiger partial charge in [0.1, 0.15) is 5.60 Å². The van der Waals surface area contributed by atoms with Crippen LogP contribution in [0.2, 0.25) is 0 Å². The lowest BCUT2D eigenvalue weighted by Crippen LogP contribution is -2.47. The molecule has 5 atom stereocenters. The molecule has 2 saturated heterocycles. The van der Waals surface area contributed by atoms with Crippen molar-refractivity contribution in [3.05, 3.63) is 12.2 Å². The van der Waals surface area contributed by atoms with Gasteiger partial charge < -0.3 is 19.3 Å². The normalized spacial score (nSPS) is 49.1. The van der Waals surface area contributed by atoms with Gasteiger partial charge in [0.05, 0.1) is 32.2 Å². The second-order valence-electron chi connectivity index (χ2n) is 4.60. The molecule has 5 heteroatoms. The van der Waals surface area contributed by atoms with Crippen molar-refractivity contribution in [1.82, 2.24) is 0 Å². The van der Waals surface area contributed by atoms with E-state index < -0.39 is 11.9 Å².